The summed E-state index contributed by atoms with van der Waals surface area (Å²) in [5.74, 6) is -3.63. The zero-order valence-corrected chi connectivity index (χ0v) is 16.7. The number of alkyl halides is 2. The maximum absolute atomic E-state index is 15.9. The molecule has 28 heavy (non-hydrogen) atoms. The first-order valence-corrected chi connectivity index (χ1v) is 9.91. The largest absolute Gasteiger partial charge is 0.453 e. The molecule has 3 N–H and O–H groups in total. The lowest BCUT2D eigenvalue weighted by Gasteiger charge is -2.34. The smallest absolute Gasteiger partial charge is 0.352 e. The molecule has 158 valence electrons. The van der Waals surface area contributed by atoms with Gasteiger partial charge >= 0.3 is 11.7 Å². The molecule has 2 rings (SSSR count). The first-order valence-electron chi connectivity index (χ1n) is 9.38. The number of esters is 1. The van der Waals surface area contributed by atoms with Crippen LogP contribution in [0.25, 0.3) is 0 Å². The lowest BCUT2D eigenvalue weighted by molar-refractivity contribution is -0.172. The van der Waals surface area contributed by atoms with E-state index in [4.69, 9.17) is 26.8 Å². The van der Waals surface area contributed by atoms with Crippen molar-refractivity contribution in [2.24, 2.45) is 0 Å². The van der Waals surface area contributed by atoms with Crippen molar-refractivity contribution >= 4 is 23.4 Å². The van der Waals surface area contributed by atoms with Crippen molar-refractivity contribution in [1.29, 1.82) is 0 Å². The number of aromatic nitrogens is 2. The Balaban J connectivity index is 2.23. The van der Waals surface area contributed by atoms with Gasteiger partial charge in [-0.2, -0.15) is 4.98 Å². The summed E-state index contributed by atoms with van der Waals surface area (Å²) in [5, 5.41) is 9.78. The Morgan fingerprint density at radius 1 is 1.50 bits per heavy atom. The van der Waals surface area contributed by atoms with Gasteiger partial charge in [-0.25, -0.2) is 9.18 Å². The third-order valence-corrected chi connectivity index (χ3v) is 5.35. The molecule has 0 radical (unpaired) electrons. The van der Waals surface area contributed by atoms with Crippen LogP contribution in [0.5, 0.6) is 0 Å². The van der Waals surface area contributed by atoms with Gasteiger partial charge in [-0.1, -0.05) is 32.6 Å². The second-order valence-electron chi connectivity index (χ2n) is 7.00. The van der Waals surface area contributed by atoms with Gasteiger partial charge in [0, 0.05) is 12.6 Å². The molecule has 1 aromatic rings. The summed E-state index contributed by atoms with van der Waals surface area (Å²) in [7, 11) is 0. The molecule has 10 heteroatoms. The van der Waals surface area contributed by atoms with Crippen molar-refractivity contribution < 1.29 is 23.8 Å². The zero-order valence-electron chi connectivity index (χ0n) is 15.9. The highest BCUT2D eigenvalue weighted by Crippen LogP contribution is 2.42. The number of aliphatic hydroxyl groups is 1. The number of nitrogens with two attached hydrogens (primary N) is 1. The molecule has 2 heterocycles. The molecule has 1 aromatic heterocycles. The number of nitrogen functional groups attached to an aromatic ring is 1. The van der Waals surface area contributed by atoms with E-state index < -0.39 is 42.4 Å². The average molecular weight is 420 g/mol. The van der Waals surface area contributed by atoms with E-state index in [1.54, 1.807) is 0 Å². The predicted molar refractivity (Wildman–Crippen MR) is 102 cm³/mol. The fourth-order valence-electron chi connectivity index (χ4n) is 3.23. The van der Waals surface area contributed by atoms with Gasteiger partial charge in [-0.05, 0) is 12.5 Å². The van der Waals surface area contributed by atoms with Crippen molar-refractivity contribution in [3.05, 3.63) is 22.7 Å². The minimum atomic E-state index is -2.58. The van der Waals surface area contributed by atoms with Crippen LogP contribution in [0.1, 0.15) is 45.4 Å². The van der Waals surface area contributed by atoms with Gasteiger partial charge in [0.1, 0.15) is 18.0 Å². The van der Waals surface area contributed by atoms with E-state index in [9.17, 15) is 14.7 Å². The van der Waals surface area contributed by atoms with Crippen LogP contribution >= 0.6 is 11.6 Å². The van der Waals surface area contributed by atoms with Gasteiger partial charge < -0.3 is 20.3 Å². The molecular formula is C18H27ClFN3O5. The van der Waals surface area contributed by atoms with Crippen molar-refractivity contribution in [3.63, 3.8) is 0 Å². The third-order valence-electron chi connectivity index (χ3n) is 4.89. The Hall–Kier alpha value is -1.71. The molecule has 0 spiro atoms. The first kappa shape index (κ1) is 22.6. The summed E-state index contributed by atoms with van der Waals surface area (Å²) in [6.07, 6.45) is 4.19. The molecule has 1 aliphatic heterocycles. The number of nitrogens with zero attached hydrogens (tertiary/aromatic N) is 2. The molecule has 0 amide bonds. The van der Waals surface area contributed by atoms with Crippen LogP contribution in [-0.4, -0.2) is 51.4 Å². The zero-order chi connectivity index (χ0) is 20.8. The van der Waals surface area contributed by atoms with Crippen molar-refractivity contribution in [3.8, 4) is 0 Å². The Morgan fingerprint density at radius 3 is 2.82 bits per heavy atom. The summed E-state index contributed by atoms with van der Waals surface area (Å²) in [6, 6.07) is 1.25. The van der Waals surface area contributed by atoms with E-state index in [2.05, 4.69) is 11.9 Å². The number of hydrogen-bond acceptors (Lipinski definition) is 7. The highest BCUT2D eigenvalue weighted by molar-refractivity contribution is 6.18. The standard InChI is InChI=1S/C18H27ClFN3O5/c1-2-3-4-5-6-7-14(25)28-15-17(10-19,11-24)27-12-18(15,20)23-9-8-13(21)22-16(23)26/h8-9,15,24H,2-7,10-12H2,1H3,(H2,21,22,26)/t15-,17-,18+/m1/s1. The highest BCUT2D eigenvalue weighted by Gasteiger charge is 2.63. The summed E-state index contributed by atoms with van der Waals surface area (Å²) in [5.41, 5.74) is 2.82. The van der Waals surface area contributed by atoms with Gasteiger partial charge in [0.05, 0.1) is 12.5 Å². The normalized spacial score (nSPS) is 27.1. The van der Waals surface area contributed by atoms with Crippen molar-refractivity contribution in [1.82, 2.24) is 9.55 Å². The van der Waals surface area contributed by atoms with Crippen LogP contribution in [0.15, 0.2) is 17.1 Å². The van der Waals surface area contributed by atoms with Gasteiger partial charge in [0.2, 0.25) is 0 Å². The highest BCUT2D eigenvalue weighted by atomic mass is 35.5. The van der Waals surface area contributed by atoms with Gasteiger partial charge in [-0.3, -0.25) is 9.36 Å². The van der Waals surface area contributed by atoms with Crippen LogP contribution in [-0.2, 0) is 20.1 Å². The fraction of sp³-hybridized carbons (Fsp3) is 0.722. The predicted octanol–water partition coefficient (Wildman–Crippen LogP) is 1.72. The van der Waals surface area contributed by atoms with Crippen molar-refractivity contribution in [2.45, 2.75) is 62.9 Å². The molecule has 1 aliphatic rings. The summed E-state index contributed by atoms with van der Waals surface area (Å²) in [4.78, 5) is 28.0. The molecule has 0 bridgehead atoms. The molecule has 0 aromatic carbocycles. The summed E-state index contributed by atoms with van der Waals surface area (Å²) < 4.78 is 27.4. The molecular weight excluding hydrogens is 393 g/mol. The van der Waals surface area contributed by atoms with E-state index >= 15 is 4.39 Å². The van der Waals surface area contributed by atoms with Crippen LogP contribution < -0.4 is 11.4 Å². The summed E-state index contributed by atoms with van der Waals surface area (Å²) in [6.45, 7) is 0.762. The Bertz CT molecular complexity index is 727. The number of carbonyl (C=O) groups is 1. The second kappa shape index (κ2) is 9.67. The van der Waals surface area contributed by atoms with Crippen LogP contribution in [0.3, 0.4) is 0 Å². The van der Waals surface area contributed by atoms with Gasteiger partial charge in [0.25, 0.3) is 5.79 Å². The van der Waals surface area contributed by atoms with E-state index in [-0.39, 0.29) is 18.1 Å². The number of unbranched alkanes of at least 4 members (excludes halogenated alkanes) is 4. The number of hydrogen-bond donors (Lipinski definition) is 2. The Kier molecular flexibility index (Phi) is 7.79. The molecule has 1 fully saturated rings. The van der Waals surface area contributed by atoms with E-state index in [0.717, 1.165) is 31.9 Å². The van der Waals surface area contributed by atoms with E-state index in [0.29, 0.717) is 11.0 Å². The lowest BCUT2D eigenvalue weighted by atomic mass is 9.95. The van der Waals surface area contributed by atoms with Gasteiger partial charge in [-0.15, -0.1) is 11.6 Å². The maximum atomic E-state index is 15.9. The minimum absolute atomic E-state index is 0.0739. The molecule has 0 saturated carbocycles. The van der Waals surface area contributed by atoms with Crippen LogP contribution in [0.4, 0.5) is 10.2 Å². The monoisotopic (exact) mass is 419 g/mol. The topological polar surface area (TPSA) is 117 Å². The van der Waals surface area contributed by atoms with E-state index in [1.165, 1.54) is 6.07 Å². The number of ether oxygens (including phenoxy) is 2. The quantitative estimate of drug-likeness (QED) is 0.337. The number of halogens is 2. The molecule has 0 unspecified atom stereocenters. The second-order valence-corrected chi connectivity index (χ2v) is 7.27. The third kappa shape index (κ3) is 4.64. The average Bonchev–Trinajstić information content (AvgIpc) is 2.95. The van der Waals surface area contributed by atoms with Crippen molar-refractivity contribution in [2.75, 3.05) is 24.8 Å². The van der Waals surface area contributed by atoms with Crippen LogP contribution in [0, 0.1) is 0 Å². The molecule has 1 saturated heterocycles. The Labute approximate surface area is 167 Å². The fourth-order valence-corrected chi connectivity index (χ4v) is 3.54. The SMILES string of the molecule is CCCCCCCC(=O)O[C@@H]1[C@](CO)(CCl)OC[C@]1(F)n1ccc(N)nc1=O. The molecule has 0 aliphatic carbocycles. The molecule has 3 atom stereocenters. The summed E-state index contributed by atoms with van der Waals surface area (Å²) >= 11 is 5.92. The molecule has 8 nitrogen and oxygen atoms in total. The number of carbonyl (C=O) groups excluding carboxylic acids is 1. The van der Waals surface area contributed by atoms with Crippen LogP contribution in [0.2, 0.25) is 0 Å². The lowest BCUT2D eigenvalue weighted by Crippen LogP contribution is -2.56. The number of anilines is 1. The van der Waals surface area contributed by atoms with E-state index in [1.807, 2.05) is 0 Å². The maximum Gasteiger partial charge on any atom is 0.352 e. The minimum Gasteiger partial charge on any atom is -0.453 e. The first-order chi connectivity index (χ1) is 13.3. The number of aliphatic hydroxyl groups excluding tert-OH is 1. The van der Waals surface area contributed by atoms with Gasteiger partial charge in [0.15, 0.2) is 6.10 Å². The Morgan fingerprint density at radius 2 is 2.21 bits per heavy atom. The number of rotatable bonds is 10.